The van der Waals surface area contributed by atoms with Crippen molar-refractivity contribution in [3.8, 4) is 0 Å². The summed E-state index contributed by atoms with van der Waals surface area (Å²) in [4.78, 5) is 31.7. The second-order valence-corrected chi connectivity index (χ2v) is 8.06. The first-order valence-corrected chi connectivity index (χ1v) is 10.2. The van der Waals surface area contributed by atoms with Crippen molar-refractivity contribution in [1.82, 2.24) is 20.1 Å². The van der Waals surface area contributed by atoms with E-state index in [1.807, 2.05) is 32.0 Å². The van der Waals surface area contributed by atoms with Gasteiger partial charge in [0, 0.05) is 31.6 Å². The average Bonchev–Trinajstić information content (AvgIpc) is 3.28. The molecule has 4 rings (SSSR count). The number of anilines is 2. The number of aryl methyl sites for hydroxylation is 2. The summed E-state index contributed by atoms with van der Waals surface area (Å²) in [5, 5.41) is 10.7. The molecule has 2 aromatic rings. The van der Waals surface area contributed by atoms with Crippen LogP contribution in [0, 0.1) is 19.8 Å². The Morgan fingerprint density at radius 2 is 2.00 bits per heavy atom. The molecule has 8 heteroatoms. The lowest BCUT2D eigenvalue weighted by Gasteiger charge is -2.20. The van der Waals surface area contributed by atoms with Crippen molar-refractivity contribution in [1.29, 1.82) is 0 Å². The number of benzene rings is 1. The molecule has 1 atom stereocenters. The lowest BCUT2D eigenvalue weighted by atomic mass is 9.98. The molecule has 29 heavy (non-hydrogen) atoms. The minimum absolute atomic E-state index is 0.0211. The highest BCUT2D eigenvalue weighted by Crippen LogP contribution is 2.30. The fourth-order valence-electron chi connectivity index (χ4n) is 4.12. The average molecular weight is 396 g/mol. The monoisotopic (exact) mass is 396 g/mol. The summed E-state index contributed by atoms with van der Waals surface area (Å²) in [5.41, 5.74) is 3.09. The van der Waals surface area contributed by atoms with Crippen molar-refractivity contribution < 1.29 is 9.59 Å². The number of hydrogen-bond acceptors (Lipinski definition) is 5. The summed E-state index contributed by atoms with van der Waals surface area (Å²) >= 11 is 0. The van der Waals surface area contributed by atoms with E-state index < -0.39 is 5.92 Å². The Kier molecular flexibility index (Phi) is 5.36. The molecule has 0 aliphatic carbocycles. The smallest absolute Gasteiger partial charge is 0.232 e. The van der Waals surface area contributed by atoms with Crippen molar-refractivity contribution in [2.24, 2.45) is 13.0 Å². The summed E-state index contributed by atoms with van der Waals surface area (Å²) in [5.74, 6) is 0.943. The van der Waals surface area contributed by atoms with Crippen LogP contribution in [0.15, 0.2) is 18.2 Å². The first-order chi connectivity index (χ1) is 13.9. The van der Waals surface area contributed by atoms with E-state index in [9.17, 15) is 9.59 Å². The first kappa shape index (κ1) is 19.6. The van der Waals surface area contributed by atoms with Gasteiger partial charge in [0.25, 0.3) is 0 Å². The van der Waals surface area contributed by atoms with E-state index in [-0.39, 0.29) is 18.2 Å². The molecule has 1 aromatic heterocycles. The number of hydrogen-bond donors (Lipinski definition) is 2. The van der Waals surface area contributed by atoms with Crippen LogP contribution in [0.4, 0.5) is 11.6 Å². The zero-order valence-corrected chi connectivity index (χ0v) is 17.2. The van der Waals surface area contributed by atoms with Crippen LogP contribution in [0.1, 0.15) is 42.1 Å². The van der Waals surface area contributed by atoms with E-state index in [0.717, 1.165) is 48.6 Å². The third-order valence-electron chi connectivity index (χ3n) is 6.08. The molecular formula is C21H28N6O2. The van der Waals surface area contributed by atoms with Crippen LogP contribution < -0.4 is 15.5 Å². The number of rotatable bonds is 4. The molecule has 2 N–H and O–H groups in total. The Morgan fingerprint density at radius 1 is 1.24 bits per heavy atom. The fourth-order valence-corrected chi connectivity index (χ4v) is 4.12. The van der Waals surface area contributed by atoms with Gasteiger partial charge >= 0.3 is 0 Å². The third kappa shape index (κ3) is 3.89. The number of nitrogens with zero attached hydrogens (tertiary/aromatic N) is 4. The summed E-state index contributed by atoms with van der Waals surface area (Å²) in [7, 11) is 1.79. The van der Waals surface area contributed by atoms with E-state index in [2.05, 4.69) is 20.7 Å². The van der Waals surface area contributed by atoms with E-state index >= 15 is 0 Å². The van der Waals surface area contributed by atoms with Crippen molar-refractivity contribution >= 4 is 23.5 Å². The van der Waals surface area contributed by atoms with Gasteiger partial charge in [0.05, 0.1) is 5.92 Å². The van der Waals surface area contributed by atoms with Crippen molar-refractivity contribution in [2.75, 3.05) is 29.9 Å². The molecule has 1 unspecified atom stereocenters. The molecule has 3 heterocycles. The van der Waals surface area contributed by atoms with Gasteiger partial charge in [-0.05, 0) is 57.0 Å². The van der Waals surface area contributed by atoms with E-state index in [0.29, 0.717) is 18.4 Å². The zero-order valence-electron chi connectivity index (χ0n) is 17.2. The number of carbonyl (C=O) groups excluding carboxylic acids is 2. The predicted octanol–water partition coefficient (Wildman–Crippen LogP) is 1.89. The Hall–Kier alpha value is -2.74. The lowest BCUT2D eigenvalue weighted by molar-refractivity contribution is -0.122. The van der Waals surface area contributed by atoms with Gasteiger partial charge in [0.1, 0.15) is 0 Å². The van der Waals surface area contributed by atoms with Crippen LogP contribution in [0.3, 0.4) is 0 Å². The van der Waals surface area contributed by atoms with E-state index in [4.69, 9.17) is 0 Å². The molecule has 8 nitrogen and oxygen atoms in total. The van der Waals surface area contributed by atoms with Gasteiger partial charge < -0.3 is 10.2 Å². The maximum Gasteiger partial charge on any atom is 0.232 e. The Balaban J connectivity index is 1.45. The van der Waals surface area contributed by atoms with Crippen LogP contribution in [0.2, 0.25) is 0 Å². The molecule has 2 amide bonds. The van der Waals surface area contributed by atoms with Gasteiger partial charge in [0.15, 0.2) is 5.82 Å². The number of piperidine rings is 1. The van der Waals surface area contributed by atoms with Gasteiger partial charge in [-0.25, -0.2) is 4.68 Å². The number of aromatic nitrogens is 3. The van der Waals surface area contributed by atoms with E-state index in [1.165, 1.54) is 0 Å². The molecule has 2 aliphatic rings. The second kappa shape index (κ2) is 7.94. The molecule has 2 aliphatic heterocycles. The second-order valence-electron chi connectivity index (χ2n) is 8.06. The zero-order chi connectivity index (χ0) is 20.5. The molecule has 154 valence electrons. The summed E-state index contributed by atoms with van der Waals surface area (Å²) in [6, 6.07) is 5.91. The molecule has 2 saturated heterocycles. The highest BCUT2D eigenvalue weighted by atomic mass is 16.2. The normalized spacial score (nSPS) is 20.3. The van der Waals surface area contributed by atoms with Gasteiger partial charge in [-0.1, -0.05) is 12.1 Å². The molecule has 2 fully saturated rings. The Labute approximate surface area is 170 Å². The lowest BCUT2D eigenvalue weighted by Crippen LogP contribution is -2.29. The highest BCUT2D eigenvalue weighted by Gasteiger charge is 2.36. The van der Waals surface area contributed by atoms with Crippen LogP contribution in [-0.4, -0.2) is 46.2 Å². The first-order valence-electron chi connectivity index (χ1n) is 10.2. The van der Waals surface area contributed by atoms with Crippen LogP contribution in [0.5, 0.6) is 0 Å². The molecule has 0 spiro atoms. The predicted molar refractivity (Wildman–Crippen MR) is 111 cm³/mol. The quantitative estimate of drug-likeness (QED) is 0.823. The summed E-state index contributed by atoms with van der Waals surface area (Å²) in [6.45, 7) is 6.34. The highest BCUT2D eigenvalue weighted by molar-refractivity contribution is 6.03. The Morgan fingerprint density at radius 3 is 2.76 bits per heavy atom. The molecule has 0 radical (unpaired) electrons. The van der Waals surface area contributed by atoms with Gasteiger partial charge in [-0.2, -0.15) is 10.1 Å². The minimum Gasteiger partial charge on any atom is -0.317 e. The summed E-state index contributed by atoms with van der Waals surface area (Å²) in [6.07, 6.45) is 2.21. The molecule has 0 saturated carbocycles. The maximum absolute atomic E-state index is 12.8. The largest absolute Gasteiger partial charge is 0.317 e. The van der Waals surface area contributed by atoms with Gasteiger partial charge in [-0.15, -0.1) is 0 Å². The van der Waals surface area contributed by atoms with Crippen LogP contribution in [0.25, 0.3) is 0 Å². The van der Waals surface area contributed by atoms with Gasteiger partial charge in [0.2, 0.25) is 17.8 Å². The van der Waals surface area contributed by atoms with Crippen molar-refractivity contribution in [2.45, 2.75) is 39.0 Å². The SMILES string of the molecule is Cc1cccc(N2CC(C(=O)Nc3nc(C4CCNCC4)nn3C)CC2=O)c1C. The number of nitrogens with one attached hydrogen (secondary N) is 2. The standard InChI is InChI=1S/C21H28N6O2/c1-13-5-4-6-17(14(13)2)27-12-16(11-18(27)28)20(29)24-21-23-19(25-26(21)3)15-7-9-22-10-8-15/h4-6,15-16,22H,7-12H2,1-3H3,(H,23,24,25,29). The number of carbonyl (C=O) groups is 2. The molecular weight excluding hydrogens is 368 g/mol. The number of amides is 2. The van der Waals surface area contributed by atoms with Crippen molar-refractivity contribution in [3.05, 3.63) is 35.2 Å². The van der Waals surface area contributed by atoms with E-state index in [1.54, 1.807) is 16.6 Å². The van der Waals surface area contributed by atoms with Crippen LogP contribution in [-0.2, 0) is 16.6 Å². The molecule has 0 bridgehead atoms. The Bertz CT molecular complexity index is 931. The minimum atomic E-state index is -0.401. The van der Waals surface area contributed by atoms with Gasteiger partial charge in [-0.3, -0.25) is 14.9 Å². The van der Waals surface area contributed by atoms with Crippen molar-refractivity contribution in [3.63, 3.8) is 0 Å². The maximum atomic E-state index is 12.8. The fraction of sp³-hybridized carbons (Fsp3) is 0.524. The summed E-state index contributed by atoms with van der Waals surface area (Å²) < 4.78 is 1.62. The van der Waals surface area contributed by atoms with Crippen LogP contribution >= 0.6 is 0 Å². The third-order valence-corrected chi connectivity index (χ3v) is 6.08. The topological polar surface area (TPSA) is 92.2 Å². The molecule has 1 aromatic carbocycles.